The lowest BCUT2D eigenvalue weighted by Crippen LogP contribution is -2.29. The van der Waals surface area contributed by atoms with Gasteiger partial charge in [-0.1, -0.05) is 34.1 Å². The first-order valence-electron chi connectivity index (χ1n) is 6.11. The van der Waals surface area contributed by atoms with Crippen molar-refractivity contribution in [2.75, 3.05) is 5.73 Å². The van der Waals surface area contributed by atoms with E-state index in [2.05, 4.69) is 15.9 Å². The maximum atomic E-state index is 12.5. The summed E-state index contributed by atoms with van der Waals surface area (Å²) in [4.78, 5) is 12.4. The second kappa shape index (κ2) is 4.85. The number of rotatable bonds is 2. The SMILES string of the molecule is Nc1ccc2c(c1)C(=O)N(Cc1ccccc1Br)S2(=O)=O. The van der Waals surface area contributed by atoms with Gasteiger partial charge in [0.05, 0.1) is 12.1 Å². The highest BCUT2D eigenvalue weighted by Crippen LogP contribution is 2.33. The molecule has 0 saturated carbocycles. The molecule has 108 valence electrons. The normalized spacial score (nSPS) is 16.0. The fourth-order valence-corrected chi connectivity index (χ4v) is 4.18. The van der Waals surface area contributed by atoms with Gasteiger partial charge in [-0.2, -0.15) is 0 Å². The summed E-state index contributed by atoms with van der Waals surface area (Å²) in [5.41, 5.74) is 6.84. The lowest BCUT2D eigenvalue weighted by molar-refractivity contribution is 0.0865. The zero-order chi connectivity index (χ0) is 15.2. The molecular formula is C14H11BrN2O3S. The lowest BCUT2D eigenvalue weighted by atomic mass is 10.1. The van der Waals surface area contributed by atoms with E-state index < -0.39 is 15.9 Å². The smallest absolute Gasteiger partial charge is 0.269 e. The van der Waals surface area contributed by atoms with E-state index in [4.69, 9.17) is 5.73 Å². The van der Waals surface area contributed by atoms with E-state index in [1.54, 1.807) is 18.2 Å². The predicted molar refractivity (Wildman–Crippen MR) is 82.1 cm³/mol. The van der Waals surface area contributed by atoms with Crippen LogP contribution < -0.4 is 5.73 Å². The van der Waals surface area contributed by atoms with Crippen molar-refractivity contribution in [3.8, 4) is 0 Å². The number of nitrogens with two attached hydrogens (primary N) is 1. The number of fused-ring (bicyclic) bond motifs is 1. The number of nitrogens with zero attached hydrogens (tertiary/aromatic N) is 1. The standard InChI is InChI=1S/C14H11BrN2O3S/c15-12-4-2-1-3-9(12)8-17-14(18)11-7-10(16)5-6-13(11)21(17,19)20/h1-7H,8,16H2. The molecule has 2 N–H and O–H groups in total. The molecular weight excluding hydrogens is 356 g/mol. The molecule has 0 aromatic heterocycles. The maximum absolute atomic E-state index is 12.5. The Balaban J connectivity index is 2.07. The first kappa shape index (κ1) is 14.1. The van der Waals surface area contributed by atoms with Crippen molar-refractivity contribution in [2.45, 2.75) is 11.4 Å². The lowest BCUT2D eigenvalue weighted by Gasteiger charge is -2.15. The number of sulfonamides is 1. The Labute approximate surface area is 130 Å². The number of amides is 1. The van der Waals surface area contributed by atoms with E-state index in [-0.39, 0.29) is 17.0 Å². The molecule has 0 unspecified atom stereocenters. The number of anilines is 1. The Hall–Kier alpha value is -1.86. The Kier molecular flexibility index (Phi) is 3.26. The molecule has 0 fully saturated rings. The maximum Gasteiger partial charge on any atom is 0.269 e. The minimum Gasteiger partial charge on any atom is -0.399 e. The van der Waals surface area contributed by atoms with Gasteiger partial charge in [-0.15, -0.1) is 0 Å². The molecule has 0 saturated heterocycles. The molecule has 1 amide bonds. The summed E-state index contributed by atoms with van der Waals surface area (Å²) in [6.45, 7) is -0.0167. The van der Waals surface area contributed by atoms with E-state index in [0.717, 1.165) is 14.3 Å². The molecule has 7 heteroatoms. The Morgan fingerprint density at radius 2 is 1.86 bits per heavy atom. The largest absolute Gasteiger partial charge is 0.399 e. The van der Waals surface area contributed by atoms with E-state index in [1.165, 1.54) is 18.2 Å². The average Bonchev–Trinajstić information content (AvgIpc) is 2.62. The quantitative estimate of drug-likeness (QED) is 0.827. The van der Waals surface area contributed by atoms with Crippen LogP contribution >= 0.6 is 15.9 Å². The van der Waals surface area contributed by atoms with Gasteiger partial charge in [0, 0.05) is 10.2 Å². The van der Waals surface area contributed by atoms with Crippen molar-refractivity contribution in [2.24, 2.45) is 0 Å². The molecule has 21 heavy (non-hydrogen) atoms. The molecule has 2 aromatic carbocycles. The third-order valence-electron chi connectivity index (χ3n) is 3.30. The van der Waals surface area contributed by atoms with Crippen molar-refractivity contribution < 1.29 is 13.2 Å². The summed E-state index contributed by atoms with van der Waals surface area (Å²) in [5, 5.41) is 0. The summed E-state index contributed by atoms with van der Waals surface area (Å²) in [5.74, 6) is -0.548. The van der Waals surface area contributed by atoms with Crippen molar-refractivity contribution in [1.82, 2.24) is 4.31 Å². The van der Waals surface area contributed by atoms with Crippen molar-refractivity contribution in [3.05, 3.63) is 58.1 Å². The number of hydrogen-bond acceptors (Lipinski definition) is 4. The van der Waals surface area contributed by atoms with Gasteiger partial charge in [-0.05, 0) is 29.8 Å². The van der Waals surface area contributed by atoms with Crippen LogP contribution in [0.5, 0.6) is 0 Å². The third kappa shape index (κ3) is 2.22. The number of carbonyl (C=O) groups is 1. The summed E-state index contributed by atoms with van der Waals surface area (Å²) in [7, 11) is -3.82. The van der Waals surface area contributed by atoms with Crippen LogP contribution in [0.25, 0.3) is 0 Å². The Morgan fingerprint density at radius 1 is 1.14 bits per heavy atom. The van der Waals surface area contributed by atoms with Gasteiger partial charge in [0.25, 0.3) is 15.9 Å². The van der Waals surface area contributed by atoms with Crippen LogP contribution in [0.4, 0.5) is 5.69 Å². The molecule has 1 aliphatic rings. The van der Waals surface area contributed by atoms with Gasteiger partial charge in [-0.3, -0.25) is 4.79 Å². The van der Waals surface area contributed by atoms with E-state index in [0.29, 0.717) is 5.69 Å². The third-order valence-corrected chi connectivity index (χ3v) is 5.86. The average molecular weight is 367 g/mol. The second-order valence-corrected chi connectivity index (χ2v) is 7.35. The number of benzene rings is 2. The van der Waals surface area contributed by atoms with Gasteiger partial charge in [-0.25, -0.2) is 12.7 Å². The highest BCUT2D eigenvalue weighted by Gasteiger charge is 2.41. The van der Waals surface area contributed by atoms with E-state index >= 15 is 0 Å². The summed E-state index contributed by atoms with van der Waals surface area (Å²) in [6.07, 6.45) is 0. The predicted octanol–water partition coefficient (Wildman–Crippen LogP) is 2.38. The molecule has 1 heterocycles. The molecule has 0 radical (unpaired) electrons. The number of hydrogen-bond donors (Lipinski definition) is 1. The zero-order valence-electron chi connectivity index (χ0n) is 10.8. The second-order valence-electron chi connectivity index (χ2n) is 4.66. The number of carbonyl (C=O) groups excluding carboxylic acids is 1. The fraction of sp³-hybridized carbons (Fsp3) is 0.0714. The first-order chi connectivity index (χ1) is 9.91. The Morgan fingerprint density at radius 3 is 2.57 bits per heavy atom. The first-order valence-corrected chi connectivity index (χ1v) is 8.34. The monoisotopic (exact) mass is 366 g/mol. The summed E-state index contributed by atoms with van der Waals surface area (Å²) >= 11 is 3.36. The van der Waals surface area contributed by atoms with Crippen LogP contribution in [-0.2, 0) is 16.6 Å². The summed E-state index contributed by atoms with van der Waals surface area (Å²) < 4.78 is 26.6. The van der Waals surface area contributed by atoms with Crippen LogP contribution in [0.2, 0.25) is 0 Å². The van der Waals surface area contributed by atoms with E-state index in [9.17, 15) is 13.2 Å². The van der Waals surface area contributed by atoms with Crippen LogP contribution in [0, 0.1) is 0 Å². The van der Waals surface area contributed by atoms with Crippen LogP contribution in [0.3, 0.4) is 0 Å². The van der Waals surface area contributed by atoms with Gasteiger partial charge in [0.15, 0.2) is 0 Å². The van der Waals surface area contributed by atoms with Crippen molar-refractivity contribution in [3.63, 3.8) is 0 Å². The van der Waals surface area contributed by atoms with Crippen molar-refractivity contribution >= 4 is 37.5 Å². The molecule has 5 nitrogen and oxygen atoms in total. The van der Waals surface area contributed by atoms with Gasteiger partial charge < -0.3 is 5.73 Å². The molecule has 0 aliphatic carbocycles. The molecule has 1 aliphatic heterocycles. The highest BCUT2D eigenvalue weighted by atomic mass is 79.9. The van der Waals surface area contributed by atoms with E-state index in [1.807, 2.05) is 6.07 Å². The van der Waals surface area contributed by atoms with Crippen LogP contribution in [-0.4, -0.2) is 18.6 Å². The highest BCUT2D eigenvalue weighted by molar-refractivity contribution is 9.10. The molecule has 0 bridgehead atoms. The Bertz CT molecular complexity index is 849. The fourth-order valence-electron chi connectivity index (χ4n) is 2.24. The van der Waals surface area contributed by atoms with Crippen LogP contribution in [0.1, 0.15) is 15.9 Å². The molecule has 0 spiro atoms. The topological polar surface area (TPSA) is 80.5 Å². The van der Waals surface area contributed by atoms with Gasteiger partial charge in [0.1, 0.15) is 4.90 Å². The molecule has 3 rings (SSSR count). The number of halogens is 1. The molecule has 0 atom stereocenters. The number of nitrogen functional groups attached to an aromatic ring is 1. The van der Waals surface area contributed by atoms with Gasteiger partial charge >= 0.3 is 0 Å². The van der Waals surface area contributed by atoms with Gasteiger partial charge in [0.2, 0.25) is 0 Å². The van der Waals surface area contributed by atoms with Crippen molar-refractivity contribution in [1.29, 1.82) is 0 Å². The minimum atomic E-state index is -3.82. The molecule has 2 aromatic rings. The summed E-state index contributed by atoms with van der Waals surface area (Å²) in [6, 6.07) is 11.4. The van der Waals surface area contributed by atoms with Crippen LogP contribution in [0.15, 0.2) is 51.8 Å². The zero-order valence-corrected chi connectivity index (χ0v) is 13.2. The minimum absolute atomic E-state index is 0.00811.